The standard InChI is InChI=1S/C12H12BrFO.C5H9ClO2/c13-10-4-9(5-11(14)6-10)12-3-1-2-8(12)7-15;1-4(2)3-8-5(6)7/h4-6,15H,1-3,7H2;4H,3H2,1-2H3. The Balaban J connectivity index is 0.000000284. The van der Waals surface area contributed by atoms with Crippen molar-refractivity contribution >= 4 is 38.5 Å². The first kappa shape index (κ1) is 20.1. The zero-order valence-electron chi connectivity index (χ0n) is 13.2. The van der Waals surface area contributed by atoms with Gasteiger partial charge >= 0.3 is 5.43 Å². The Morgan fingerprint density at radius 3 is 2.57 bits per heavy atom. The molecule has 3 nitrogen and oxygen atoms in total. The van der Waals surface area contributed by atoms with Crippen molar-refractivity contribution in [1.29, 1.82) is 0 Å². The van der Waals surface area contributed by atoms with Crippen LogP contribution in [0, 0.1) is 11.7 Å². The van der Waals surface area contributed by atoms with Gasteiger partial charge < -0.3 is 9.84 Å². The zero-order valence-corrected chi connectivity index (χ0v) is 15.6. The van der Waals surface area contributed by atoms with E-state index in [0.717, 1.165) is 40.4 Å². The van der Waals surface area contributed by atoms with Gasteiger partial charge in [-0.05, 0) is 60.1 Å². The summed E-state index contributed by atoms with van der Waals surface area (Å²) >= 11 is 8.14. The highest BCUT2D eigenvalue weighted by atomic mass is 79.9. The molecule has 0 atom stereocenters. The third-order valence-corrected chi connectivity index (χ3v) is 3.83. The predicted molar refractivity (Wildman–Crippen MR) is 94.0 cm³/mol. The van der Waals surface area contributed by atoms with Crippen LogP contribution in [0.3, 0.4) is 0 Å². The van der Waals surface area contributed by atoms with E-state index in [0.29, 0.717) is 12.5 Å². The van der Waals surface area contributed by atoms with Crippen LogP contribution in [-0.2, 0) is 4.74 Å². The van der Waals surface area contributed by atoms with E-state index in [-0.39, 0.29) is 12.4 Å². The van der Waals surface area contributed by atoms with E-state index in [2.05, 4.69) is 20.7 Å². The highest BCUT2D eigenvalue weighted by molar-refractivity contribution is 9.10. The Labute approximate surface area is 149 Å². The molecule has 1 aromatic rings. The molecule has 0 unspecified atom stereocenters. The van der Waals surface area contributed by atoms with Gasteiger partial charge in [-0.1, -0.05) is 29.8 Å². The minimum absolute atomic E-state index is 0.0868. The van der Waals surface area contributed by atoms with Crippen LogP contribution in [0.5, 0.6) is 0 Å². The Morgan fingerprint density at radius 1 is 1.39 bits per heavy atom. The van der Waals surface area contributed by atoms with Gasteiger partial charge in [-0.15, -0.1) is 0 Å². The molecule has 0 aromatic heterocycles. The maximum absolute atomic E-state index is 13.2. The third kappa shape index (κ3) is 7.46. The smallest absolute Gasteiger partial charge is 0.403 e. The molecule has 0 saturated heterocycles. The molecule has 0 heterocycles. The second-order valence-electron chi connectivity index (χ2n) is 5.69. The van der Waals surface area contributed by atoms with Crippen molar-refractivity contribution in [1.82, 2.24) is 0 Å². The highest BCUT2D eigenvalue weighted by Gasteiger charge is 2.16. The average Bonchev–Trinajstić information content (AvgIpc) is 2.93. The summed E-state index contributed by atoms with van der Waals surface area (Å²) in [5.41, 5.74) is 2.33. The summed E-state index contributed by atoms with van der Waals surface area (Å²) < 4.78 is 18.4. The maximum atomic E-state index is 13.2. The van der Waals surface area contributed by atoms with E-state index in [1.54, 1.807) is 0 Å². The van der Waals surface area contributed by atoms with Crippen molar-refractivity contribution in [2.24, 2.45) is 5.92 Å². The van der Waals surface area contributed by atoms with Gasteiger partial charge in [-0.3, -0.25) is 0 Å². The first-order valence-electron chi connectivity index (χ1n) is 7.44. The van der Waals surface area contributed by atoms with Gasteiger partial charge in [0.05, 0.1) is 13.2 Å². The number of carbonyl (C=O) groups is 1. The summed E-state index contributed by atoms with van der Waals surface area (Å²) in [6, 6.07) is 4.87. The zero-order chi connectivity index (χ0) is 17.4. The number of carbonyl (C=O) groups excluding carboxylic acids is 1. The molecule has 128 valence electrons. The third-order valence-electron chi connectivity index (χ3n) is 3.26. The van der Waals surface area contributed by atoms with E-state index < -0.39 is 5.43 Å². The fraction of sp³-hybridized carbons (Fsp3) is 0.471. The highest BCUT2D eigenvalue weighted by Crippen LogP contribution is 2.34. The normalized spacial score (nSPS) is 13.9. The molecular weight excluding hydrogens is 387 g/mol. The minimum atomic E-state index is -0.723. The van der Waals surface area contributed by atoms with Gasteiger partial charge in [0.1, 0.15) is 5.82 Å². The van der Waals surface area contributed by atoms with Crippen molar-refractivity contribution in [3.63, 3.8) is 0 Å². The van der Waals surface area contributed by atoms with Crippen molar-refractivity contribution < 1.29 is 19.0 Å². The first-order valence-corrected chi connectivity index (χ1v) is 8.61. The number of hydrogen-bond donors (Lipinski definition) is 1. The molecule has 1 aromatic carbocycles. The van der Waals surface area contributed by atoms with Crippen LogP contribution in [-0.4, -0.2) is 23.7 Å². The van der Waals surface area contributed by atoms with Gasteiger partial charge in [0.2, 0.25) is 0 Å². The molecule has 1 N–H and O–H groups in total. The molecule has 0 radical (unpaired) electrons. The molecule has 0 amide bonds. The molecule has 6 heteroatoms. The summed E-state index contributed by atoms with van der Waals surface area (Å²) in [5.74, 6) is 0.119. The van der Waals surface area contributed by atoms with Gasteiger partial charge in [0, 0.05) is 16.1 Å². The number of ether oxygens (including phenoxy) is 1. The van der Waals surface area contributed by atoms with Crippen LogP contribution in [0.15, 0.2) is 28.2 Å². The van der Waals surface area contributed by atoms with Crippen LogP contribution in [0.1, 0.15) is 38.7 Å². The SMILES string of the molecule is CC(C)COC(=O)Cl.OCC1=C(c2cc(F)cc(Br)c2)CCC1. The second kappa shape index (κ2) is 10.1. The van der Waals surface area contributed by atoms with E-state index >= 15 is 0 Å². The second-order valence-corrected chi connectivity index (χ2v) is 6.92. The van der Waals surface area contributed by atoms with E-state index in [9.17, 15) is 14.3 Å². The lowest BCUT2D eigenvalue weighted by Crippen LogP contribution is -2.02. The van der Waals surface area contributed by atoms with Gasteiger partial charge in [-0.2, -0.15) is 0 Å². The van der Waals surface area contributed by atoms with E-state index in [1.807, 2.05) is 19.9 Å². The summed E-state index contributed by atoms with van der Waals surface area (Å²) in [6.07, 6.45) is 2.92. The average molecular weight is 408 g/mol. The van der Waals surface area contributed by atoms with Crippen LogP contribution in [0.2, 0.25) is 0 Å². The topological polar surface area (TPSA) is 46.5 Å². The number of hydrogen-bond acceptors (Lipinski definition) is 3. The van der Waals surface area contributed by atoms with Crippen molar-refractivity contribution in [3.8, 4) is 0 Å². The largest absolute Gasteiger partial charge is 0.453 e. The van der Waals surface area contributed by atoms with Crippen LogP contribution in [0.4, 0.5) is 9.18 Å². The molecule has 1 aliphatic carbocycles. The summed E-state index contributed by atoms with van der Waals surface area (Å²) in [5, 5.41) is 9.17. The van der Waals surface area contributed by atoms with Gasteiger partial charge in [0.15, 0.2) is 0 Å². The van der Waals surface area contributed by atoms with Gasteiger partial charge in [0.25, 0.3) is 0 Å². The molecule has 0 aliphatic heterocycles. The number of halogens is 3. The summed E-state index contributed by atoms with van der Waals surface area (Å²) in [4.78, 5) is 9.89. The summed E-state index contributed by atoms with van der Waals surface area (Å²) in [6.45, 7) is 4.38. The predicted octanol–water partition coefficient (Wildman–Crippen LogP) is 5.54. The Kier molecular flexibility index (Phi) is 8.81. The monoisotopic (exact) mass is 406 g/mol. The molecule has 0 spiro atoms. The molecular formula is C17H21BrClFO3. The number of benzene rings is 1. The first-order chi connectivity index (χ1) is 10.8. The van der Waals surface area contributed by atoms with Gasteiger partial charge in [-0.25, -0.2) is 9.18 Å². The lowest BCUT2D eigenvalue weighted by atomic mass is 10.0. The molecule has 1 aliphatic rings. The van der Waals surface area contributed by atoms with Crippen molar-refractivity contribution in [2.45, 2.75) is 33.1 Å². The Hall–Kier alpha value is -0.910. The van der Waals surface area contributed by atoms with E-state index in [4.69, 9.17) is 11.6 Å². The van der Waals surface area contributed by atoms with E-state index in [1.165, 1.54) is 12.1 Å². The minimum Gasteiger partial charge on any atom is -0.453 e. The summed E-state index contributed by atoms with van der Waals surface area (Å²) in [7, 11) is 0. The fourth-order valence-electron chi connectivity index (χ4n) is 2.29. The van der Waals surface area contributed by atoms with Crippen LogP contribution >= 0.6 is 27.5 Å². The molecule has 23 heavy (non-hydrogen) atoms. The fourth-order valence-corrected chi connectivity index (χ4v) is 2.82. The molecule has 0 saturated carbocycles. The number of aliphatic hydroxyl groups is 1. The lowest BCUT2D eigenvalue weighted by Gasteiger charge is -2.06. The Morgan fingerprint density at radius 2 is 2.09 bits per heavy atom. The maximum Gasteiger partial charge on any atom is 0.403 e. The number of allylic oxidation sites excluding steroid dienone is 1. The molecule has 0 fully saturated rings. The van der Waals surface area contributed by atoms with Crippen molar-refractivity contribution in [2.75, 3.05) is 13.2 Å². The lowest BCUT2D eigenvalue weighted by molar-refractivity contribution is 0.159. The Bertz CT molecular complexity index is 553. The number of aliphatic hydroxyl groups excluding tert-OH is 1. The van der Waals surface area contributed by atoms with Crippen LogP contribution < -0.4 is 0 Å². The van der Waals surface area contributed by atoms with Crippen LogP contribution in [0.25, 0.3) is 5.57 Å². The molecule has 0 bridgehead atoms. The number of rotatable bonds is 4. The van der Waals surface area contributed by atoms with Crippen molar-refractivity contribution in [3.05, 3.63) is 39.6 Å². The molecule has 2 rings (SSSR count). The quantitative estimate of drug-likeness (QED) is 0.667.